The molecule has 1 atom stereocenters. The van der Waals surface area contributed by atoms with E-state index in [9.17, 15) is 9.59 Å². The Morgan fingerprint density at radius 2 is 1.96 bits per heavy atom. The molecule has 128 valence electrons. The minimum Gasteiger partial charge on any atom is -0.466 e. The largest absolute Gasteiger partial charge is 0.466 e. The fourth-order valence-corrected chi connectivity index (χ4v) is 2.23. The molecule has 1 aromatic rings. The fraction of sp³-hybridized carbons (Fsp3) is 0.556. The average molecular weight is 321 g/mol. The van der Waals surface area contributed by atoms with Crippen LogP contribution in [0.2, 0.25) is 0 Å². The van der Waals surface area contributed by atoms with Gasteiger partial charge in [-0.1, -0.05) is 12.1 Å². The van der Waals surface area contributed by atoms with Crippen LogP contribution in [0.1, 0.15) is 41.3 Å². The first-order valence-corrected chi connectivity index (χ1v) is 7.99. The zero-order valence-electron chi connectivity index (χ0n) is 14.5. The van der Waals surface area contributed by atoms with Crippen LogP contribution >= 0.6 is 0 Å². The number of ether oxygens (including phenoxy) is 2. The zero-order valence-corrected chi connectivity index (χ0v) is 14.5. The molecular formula is C18H27NO4. The van der Waals surface area contributed by atoms with Gasteiger partial charge in [0.2, 0.25) is 0 Å². The summed E-state index contributed by atoms with van der Waals surface area (Å²) >= 11 is 0. The molecule has 5 nitrogen and oxygen atoms in total. The zero-order chi connectivity index (χ0) is 17.2. The lowest BCUT2D eigenvalue weighted by molar-refractivity contribution is -0.143. The Bertz CT molecular complexity index is 528. The van der Waals surface area contributed by atoms with E-state index in [1.54, 1.807) is 20.1 Å². The van der Waals surface area contributed by atoms with Crippen molar-refractivity contribution in [3.05, 3.63) is 34.9 Å². The first-order chi connectivity index (χ1) is 11.0. The number of carbonyl (C=O) groups is 2. The van der Waals surface area contributed by atoms with E-state index in [4.69, 9.17) is 9.47 Å². The van der Waals surface area contributed by atoms with Gasteiger partial charge in [-0.25, -0.2) is 0 Å². The number of benzene rings is 1. The Morgan fingerprint density at radius 3 is 2.57 bits per heavy atom. The molecule has 0 heterocycles. The third kappa shape index (κ3) is 6.50. The van der Waals surface area contributed by atoms with E-state index in [1.807, 2.05) is 26.0 Å². The lowest BCUT2D eigenvalue weighted by Crippen LogP contribution is -2.40. The summed E-state index contributed by atoms with van der Waals surface area (Å²) in [6.07, 6.45) is 0.808. The van der Waals surface area contributed by atoms with Gasteiger partial charge in [0.15, 0.2) is 5.78 Å². The van der Waals surface area contributed by atoms with Crippen molar-refractivity contribution in [3.63, 3.8) is 0 Å². The first kappa shape index (κ1) is 19.3. The van der Waals surface area contributed by atoms with Crippen LogP contribution in [-0.4, -0.2) is 44.7 Å². The maximum Gasteiger partial charge on any atom is 0.307 e. The van der Waals surface area contributed by atoms with E-state index >= 15 is 0 Å². The topological polar surface area (TPSA) is 64.6 Å². The number of aryl methyl sites for hydroxylation is 2. The molecule has 1 unspecified atom stereocenters. The van der Waals surface area contributed by atoms with Crippen LogP contribution in [0.5, 0.6) is 0 Å². The van der Waals surface area contributed by atoms with Crippen molar-refractivity contribution < 1.29 is 19.1 Å². The molecular weight excluding hydrogens is 294 g/mol. The second-order valence-corrected chi connectivity index (χ2v) is 5.53. The summed E-state index contributed by atoms with van der Waals surface area (Å²) in [5.41, 5.74) is 2.81. The van der Waals surface area contributed by atoms with Gasteiger partial charge < -0.3 is 14.8 Å². The Kier molecular flexibility index (Phi) is 8.51. The number of Topliss-reactive ketones (excluding diaryl/α,β-unsaturated/α-hetero) is 1. The van der Waals surface area contributed by atoms with Crippen molar-refractivity contribution in [1.82, 2.24) is 5.32 Å². The lowest BCUT2D eigenvalue weighted by Gasteiger charge is -2.17. The summed E-state index contributed by atoms with van der Waals surface area (Å²) in [6.45, 7) is 7.25. The fourth-order valence-electron chi connectivity index (χ4n) is 2.23. The van der Waals surface area contributed by atoms with Gasteiger partial charge in [-0.2, -0.15) is 0 Å². The summed E-state index contributed by atoms with van der Waals surface area (Å²) in [6, 6.07) is 5.02. The number of carbonyl (C=O) groups excluding carboxylic acids is 2. The highest BCUT2D eigenvalue weighted by molar-refractivity contribution is 6.02. The number of hydrogen-bond donors (Lipinski definition) is 1. The summed E-state index contributed by atoms with van der Waals surface area (Å²) in [5, 5.41) is 3.15. The maximum atomic E-state index is 12.7. The molecule has 0 saturated carbocycles. The smallest absolute Gasteiger partial charge is 0.307 e. The first-order valence-electron chi connectivity index (χ1n) is 7.99. The van der Waals surface area contributed by atoms with E-state index in [0.29, 0.717) is 25.3 Å². The molecule has 0 aliphatic carbocycles. The number of ketones is 1. The van der Waals surface area contributed by atoms with Crippen LogP contribution in [-0.2, 0) is 14.3 Å². The van der Waals surface area contributed by atoms with Gasteiger partial charge in [0, 0.05) is 19.3 Å². The number of hydrogen-bond acceptors (Lipinski definition) is 5. The van der Waals surface area contributed by atoms with Gasteiger partial charge in [0.25, 0.3) is 0 Å². The van der Waals surface area contributed by atoms with E-state index in [0.717, 1.165) is 17.5 Å². The molecule has 0 aliphatic heterocycles. The molecule has 0 radical (unpaired) electrons. The Balaban J connectivity index is 2.80. The average Bonchev–Trinajstić information content (AvgIpc) is 2.52. The number of rotatable bonds is 10. The quantitative estimate of drug-likeness (QED) is 0.407. The molecule has 0 fully saturated rings. The number of esters is 1. The number of nitrogens with one attached hydrogen (secondary N) is 1. The Hall–Kier alpha value is -1.72. The van der Waals surface area contributed by atoms with Gasteiger partial charge in [-0.3, -0.25) is 9.59 Å². The molecule has 0 bridgehead atoms. The molecule has 0 aliphatic rings. The second-order valence-electron chi connectivity index (χ2n) is 5.53. The van der Waals surface area contributed by atoms with E-state index in [-0.39, 0.29) is 18.2 Å². The van der Waals surface area contributed by atoms with Gasteiger partial charge in [-0.15, -0.1) is 0 Å². The standard InChI is InChI=1S/C18H27NO4/c1-5-23-17(20)12-16(19-9-6-10-22-4)18(21)15-8-7-13(2)14(3)11-15/h7-8,11,16,19H,5-6,9-10,12H2,1-4H3. The van der Waals surface area contributed by atoms with Crippen LogP contribution < -0.4 is 5.32 Å². The van der Waals surface area contributed by atoms with Crippen molar-refractivity contribution in [2.24, 2.45) is 0 Å². The van der Waals surface area contributed by atoms with Crippen LogP contribution in [0.4, 0.5) is 0 Å². The summed E-state index contributed by atoms with van der Waals surface area (Å²) in [5.74, 6) is -0.451. The molecule has 1 N–H and O–H groups in total. The van der Waals surface area contributed by atoms with Crippen LogP contribution in [0.15, 0.2) is 18.2 Å². The second kappa shape index (κ2) is 10.1. The van der Waals surface area contributed by atoms with Gasteiger partial charge in [-0.05, 0) is 50.9 Å². The van der Waals surface area contributed by atoms with Crippen molar-refractivity contribution in [2.75, 3.05) is 26.9 Å². The van der Waals surface area contributed by atoms with Crippen LogP contribution in [0.25, 0.3) is 0 Å². The van der Waals surface area contributed by atoms with Crippen molar-refractivity contribution in [3.8, 4) is 0 Å². The van der Waals surface area contributed by atoms with E-state index in [1.165, 1.54) is 0 Å². The molecule has 5 heteroatoms. The highest BCUT2D eigenvalue weighted by Crippen LogP contribution is 2.13. The molecule has 1 rings (SSSR count). The Morgan fingerprint density at radius 1 is 1.22 bits per heavy atom. The SMILES string of the molecule is CCOC(=O)CC(NCCCOC)C(=O)c1ccc(C)c(C)c1. The van der Waals surface area contributed by atoms with E-state index < -0.39 is 6.04 Å². The summed E-state index contributed by atoms with van der Waals surface area (Å²) in [7, 11) is 1.64. The molecule has 0 amide bonds. The van der Waals surface area contributed by atoms with Crippen LogP contribution in [0.3, 0.4) is 0 Å². The molecule has 0 saturated heterocycles. The van der Waals surface area contributed by atoms with Crippen LogP contribution in [0, 0.1) is 13.8 Å². The lowest BCUT2D eigenvalue weighted by atomic mass is 9.98. The summed E-state index contributed by atoms with van der Waals surface area (Å²) in [4.78, 5) is 24.5. The van der Waals surface area contributed by atoms with Gasteiger partial charge in [0.1, 0.15) is 0 Å². The third-order valence-electron chi connectivity index (χ3n) is 3.70. The Labute approximate surface area is 138 Å². The predicted molar refractivity (Wildman–Crippen MR) is 89.8 cm³/mol. The predicted octanol–water partition coefficient (Wildman–Crippen LogP) is 2.43. The normalized spacial score (nSPS) is 12.0. The van der Waals surface area contributed by atoms with Crippen molar-refractivity contribution >= 4 is 11.8 Å². The minimum absolute atomic E-state index is 0.0343. The third-order valence-corrected chi connectivity index (χ3v) is 3.70. The van der Waals surface area contributed by atoms with E-state index in [2.05, 4.69) is 5.32 Å². The molecule has 0 aromatic heterocycles. The monoisotopic (exact) mass is 321 g/mol. The molecule has 23 heavy (non-hydrogen) atoms. The van der Waals surface area contributed by atoms with Gasteiger partial charge in [0.05, 0.1) is 19.1 Å². The van der Waals surface area contributed by atoms with Crippen molar-refractivity contribution in [2.45, 2.75) is 39.7 Å². The molecule has 1 aromatic carbocycles. The van der Waals surface area contributed by atoms with Gasteiger partial charge >= 0.3 is 5.97 Å². The molecule has 0 spiro atoms. The van der Waals surface area contributed by atoms with Crippen molar-refractivity contribution in [1.29, 1.82) is 0 Å². The highest BCUT2D eigenvalue weighted by Gasteiger charge is 2.23. The number of methoxy groups -OCH3 is 1. The maximum absolute atomic E-state index is 12.7. The minimum atomic E-state index is -0.576. The highest BCUT2D eigenvalue weighted by atomic mass is 16.5. The summed E-state index contributed by atoms with van der Waals surface area (Å²) < 4.78 is 9.97.